The van der Waals surface area contributed by atoms with Crippen molar-refractivity contribution in [2.45, 2.75) is 44.1 Å². The third kappa shape index (κ3) is 7.52. The highest BCUT2D eigenvalue weighted by Gasteiger charge is 2.36. The third-order valence-electron chi connectivity index (χ3n) is 4.21. The lowest BCUT2D eigenvalue weighted by Crippen LogP contribution is -2.53. The Morgan fingerprint density at radius 2 is 1.62 bits per heavy atom. The van der Waals surface area contributed by atoms with E-state index in [1.165, 1.54) is 21.9 Å². The molecule has 0 N–H and O–H groups in total. The van der Waals surface area contributed by atoms with Crippen LogP contribution in [0.15, 0.2) is 29.2 Å². The summed E-state index contributed by atoms with van der Waals surface area (Å²) in [4.78, 5) is 14.8. The average molecular weight is 435 g/mol. The van der Waals surface area contributed by atoms with Gasteiger partial charge in [0.05, 0.1) is 11.4 Å². The number of aryl methyl sites for hydroxylation is 1. The smallest absolute Gasteiger partial charge is 0.410 e. The first kappa shape index (κ1) is 23.5. The second-order valence-corrected chi connectivity index (χ2v) is 9.74. The maximum absolute atomic E-state index is 14.3. The molecule has 29 heavy (non-hydrogen) atoms. The molecule has 1 saturated heterocycles. The molecular weight excluding hydrogens is 406 g/mol. The number of carbonyl (C=O) groups excluding carboxylic acids is 1. The maximum atomic E-state index is 14.3. The van der Waals surface area contributed by atoms with Gasteiger partial charge in [0.15, 0.2) is 0 Å². The lowest BCUT2D eigenvalue weighted by Gasteiger charge is -2.36. The van der Waals surface area contributed by atoms with E-state index in [9.17, 15) is 22.0 Å². The Bertz CT molecular complexity index is 799. The van der Waals surface area contributed by atoms with Crippen LogP contribution in [0, 0.1) is 6.92 Å². The van der Waals surface area contributed by atoms with E-state index in [1.54, 1.807) is 39.8 Å². The van der Waals surface area contributed by atoms with E-state index < -0.39 is 40.9 Å². The van der Waals surface area contributed by atoms with Gasteiger partial charge in [-0.2, -0.15) is 8.42 Å². The summed E-state index contributed by atoms with van der Waals surface area (Å²) in [5, 5.41) is 0. The highest BCUT2D eigenvalue weighted by Crippen LogP contribution is 2.21. The molecule has 0 bridgehead atoms. The first-order valence-corrected chi connectivity index (χ1v) is 10.7. The maximum Gasteiger partial charge on any atom is 0.410 e. The molecule has 1 aliphatic rings. The van der Waals surface area contributed by atoms with Gasteiger partial charge in [0.1, 0.15) is 12.2 Å². The Morgan fingerprint density at radius 1 is 1.07 bits per heavy atom. The Hall–Kier alpha value is -1.78. The van der Waals surface area contributed by atoms with Gasteiger partial charge in [-0.25, -0.2) is 13.6 Å². The topological polar surface area (TPSA) is 76.2 Å². The van der Waals surface area contributed by atoms with Crippen molar-refractivity contribution in [2.24, 2.45) is 0 Å². The van der Waals surface area contributed by atoms with E-state index in [-0.39, 0.29) is 31.1 Å². The minimum absolute atomic E-state index is 0.162. The average Bonchev–Trinajstić information content (AvgIpc) is 2.59. The molecule has 0 aliphatic carbocycles. The molecule has 0 aromatic heterocycles. The molecule has 1 aromatic rings. The van der Waals surface area contributed by atoms with Crippen molar-refractivity contribution in [1.29, 1.82) is 0 Å². The fraction of sp³-hybridized carbons (Fsp3) is 0.632. The van der Waals surface area contributed by atoms with Crippen molar-refractivity contribution < 1.29 is 30.9 Å². The number of carbonyl (C=O) groups is 1. The zero-order chi connectivity index (χ0) is 21.9. The number of halogens is 2. The van der Waals surface area contributed by atoms with Crippen LogP contribution in [0.5, 0.6) is 0 Å². The first-order valence-electron chi connectivity index (χ1n) is 9.32. The molecule has 10 heteroatoms. The van der Waals surface area contributed by atoms with Crippen molar-refractivity contribution >= 4 is 16.2 Å². The molecule has 2 rings (SSSR count). The fourth-order valence-corrected chi connectivity index (χ4v) is 3.66. The summed E-state index contributed by atoms with van der Waals surface area (Å²) in [6.45, 7) is 6.15. The van der Waals surface area contributed by atoms with Gasteiger partial charge in [-0.3, -0.25) is 9.08 Å². The molecule has 0 unspecified atom stereocenters. The van der Waals surface area contributed by atoms with Gasteiger partial charge in [0.25, 0.3) is 16.0 Å². The van der Waals surface area contributed by atoms with E-state index in [2.05, 4.69) is 4.18 Å². The Balaban J connectivity index is 1.84. The second-order valence-electron chi connectivity index (χ2n) is 8.13. The molecule has 1 aliphatic heterocycles. The number of nitrogens with zero attached hydrogens (tertiary/aromatic N) is 2. The number of hydrogen-bond acceptors (Lipinski definition) is 6. The zero-order valence-electron chi connectivity index (χ0n) is 17.2. The SMILES string of the molecule is Cc1ccc(S(=O)(=O)OCC(F)(F)CN2CCN(C(=O)OC(C)(C)C)CC2)cc1. The van der Waals surface area contributed by atoms with Crippen LogP contribution in [0.3, 0.4) is 0 Å². The summed E-state index contributed by atoms with van der Waals surface area (Å²) in [5.41, 5.74) is 0.224. The summed E-state index contributed by atoms with van der Waals surface area (Å²) in [5.74, 6) is -3.36. The lowest BCUT2D eigenvalue weighted by molar-refractivity contribution is -0.0707. The van der Waals surface area contributed by atoms with Gasteiger partial charge in [-0.15, -0.1) is 0 Å². The van der Waals surface area contributed by atoms with Crippen LogP contribution >= 0.6 is 0 Å². The Kier molecular flexibility index (Phi) is 7.23. The number of benzene rings is 1. The predicted octanol–water partition coefficient (Wildman–Crippen LogP) is 2.89. The number of ether oxygens (including phenoxy) is 1. The summed E-state index contributed by atoms with van der Waals surface area (Å²) in [6.07, 6.45) is -0.476. The van der Waals surface area contributed by atoms with Gasteiger partial charge in [0.2, 0.25) is 0 Å². The van der Waals surface area contributed by atoms with Crippen molar-refractivity contribution in [3.8, 4) is 0 Å². The molecular formula is C19H28F2N2O5S. The number of rotatable bonds is 6. The summed E-state index contributed by atoms with van der Waals surface area (Å²) < 4.78 is 62.6. The van der Waals surface area contributed by atoms with Gasteiger partial charge in [-0.05, 0) is 39.8 Å². The lowest BCUT2D eigenvalue weighted by atomic mass is 10.2. The molecule has 0 saturated carbocycles. The largest absolute Gasteiger partial charge is 0.444 e. The Morgan fingerprint density at radius 3 is 2.14 bits per heavy atom. The van der Waals surface area contributed by atoms with E-state index in [0.717, 1.165) is 5.56 Å². The monoisotopic (exact) mass is 434 g/mol. The van der Waals surface area contributed by atoms with Crippen molar-refractivity contribution in [2.75, 3.05) is 39.3 Å². The molecule has 1 heterocycles. The van der Waals surface area contributed by atoms with Crippen molar-refractivity contribution in [1.82, 2.24) is 9.80 Å². The van der Waals surface area contributed by atoms with Gasteiger partial charge in [-0.1, -0.05) is 17.7 Å². The molecule has 7 nitrogen and oxygen atoms in total. The van der Waals surface area contributed by atoms with Crippen LogP contribution in [-0.2, 0) is 19.0 Å². The zero-order valence-corrected chi connectivity index (χ0v) is 18.0. The number of amides is 1. The highest BCUT2D eigenvalue weighted by molar-refractivity contribution is 7.86. The van der Waals surface area contributed by atoms with E-state index in [0.29, 0.717) is 0 Å². The summed E-state index contributed by atoms with van der Waals surface area (Å²) in [6, 6.07) is 5.77. The van der Waals surface area contributed by atoms with E-state index in [1.807, 2.05) is 0 Å². The molecule has 0 radical (unpaired) electrons. The number of piperazine rings is 1. The van der Waals surface area contributed by atoms with Crippen LogP contribution in [0.4, 0.5) is 13.6 Å². The number of hydrogen-bond donors (Lipinski definition) is 0. The Labute approximate surface area is 170 Å². The van der Waals surface area contributed by atoms with Crippen molar-refractivity contribution in [3.05, 3.63) is 29.8 Å². The van der Waals surface area contributed by atoms with E-state index in [4.69, 9.17) is 4.74 Å². The van der Waals surface area contributed by atoms with E-state index >= 15 is 0 Å². The van der Waals surface area contributed by atoms with Crippen LogP contribution in [0.1, 0.15) is 26.3 Å². The summed E-state index contributed by atoms with van der Waals surface area (Å²) >= 11 is 0. The fourth-order valence-electron chi connectivity index (χ4n) is 2.72. The first-order chi connectivity index (χ1) is 13.3. The quantitative estimate of drug-likeness (QED) is 0.641. The van der Waals surface area contributed by atoms with Crippen LogP contribution < -0.4 is 0 Å². The molecule has 1 aromatic carbocycles. The molecule has 0 atom stereocenters. The normalized spacial score (nSPS) is 16.7. The van der Waals surface area contributed by atoms with Crippen LogP contribution in [0.2, 0.25) is 0 Å². The number of alkyl halides is 2. The molecule has 0 spiro atoms. The second kappa shape index (κ2) is 8.93. The molecule has 164 valence electrons. The van der Waals surface area contributed by atoms with Crippen LogP contribution in [-0.4, -0.2) is 75.2 Å². The molecule has 1 amide bonds. The van der Waals surface area contributed by atoms with Gasteiger partial charge in [0, 0.05) is 26.2 Å². The summed E-state index contributed by atoms with van der Waals surface area (Å²) in [7, 11) is -4.26. The van der Waals surface area contributed by atoms with Crippen molar-refractivity contribution in [3.63, 3.8) is 0 Å². The minimum Gasteiger partial charge on any atom is -0.444 e. The minimum atomic E-state index is -4.26. The molecule has 1 fully saturated rings. The standard InChI is InChI=1S/C19H28F2N2O5S/c1-15-5-7-16(8-6-15)29(25,26)27-14-19(20,21)13-22-9-11-23(12-10-22)17(24)28-18(2,3)4/h5-8H,9-14H2,1-4H3. The highest BCUT2D eigenvalue weighted by atomic mass is 32.2. The van der Waals surface area contributed by atoms with Crippen LogP contribution in [0.25, 0.3) is 0 Å². The van der Waals surface area contributed by atoms with Gasteiger partial charge < -0.3 is 9.64 Å². The van der Waals surface area contributed by atoms with Gasteiger partial charge >= 0.3 is 6.09 Å². The third-order valence-corrected chi connectivity index (χ3v) is 5.49. The predicted molar refractivity (Wildman–Crippen MR) is 104 cm³/mol.